The average Bonchev–Trinajstić information content (AvgIpc) is 2.25. The second-order valence-corrected chi connectivity index (χ2v) is 5.86. The standard InChI is InChI=1S/C11H16F3N3O2S/c1-2-5-17(7-11(12,13)14)10-4-3-8(6-9(10)15)20(16,18)19/h3-4,6H,2,5,7,15H2,1H3,(H2,16,18,19). The van der Waals surface area contributed by atoms with E-state index in [1.54, 1.807) is 6.92 Å². The van der Waals surface area contributed by atoms with Gasteiger partial charge in [-0.1, -0.05) is 6.92 Å². The van der Waals surface area contributed by atoms with Crippen LogP contribution in [0.1, 0.15) is 13.3 Å². The van der Waals surface area contributed by atoms with Gasteiger partial charge in [0.2, 0.25) is 10.0 Å². The molecule has 4 N–H and O–H groups in total. The lowest BCUT2D eigenvalue weighted by molar-refractivity contribution is -0.119. The van der Waals surface area contributed by atoms with Gasteiger partial charge in [-0.3, -0.25) is 0 Å². The van der Waals surface area contributed by atoms with Gasteiger partial charge in [-0.2, -0.15) is 13.2 Å². The molecule has 0 aliphatic carbocycles. The fourth-order valence-corrected chi connectivity index (χ4v) is 2.32. The van der Waals surface area contributed by atoms with Crippen LogP contribution in [0.25, 0.3) is 0 Å². The van der Waals surface area contributed by atoms with Gasteiger partial charge in [-0.05, 0) is 24.6 Å². The SMILES string of the molecule is CCCN(CC(F)(F)F)c1ccc(S(N)(=O)=O)cc1N. The highest BCUT2D eigenvalue weighted by Crippen LogP contribution is 2.29. The third-order valence-corrected chi connectivity index (χ3v) is 3.44. The van der Waals surface area contributed by atoms with E-state index in [9.17, 15) is 21.6 Å². The minimum Gasteiger partial charge on any atom is -0.397 e. The summed E-state index contributed by atoms with van der Waals surface area (Å²) in [7, 11) is -3.94. The lowest BCUT2D eigenvalue weighted by Crippen LogP contribution is -2.35. The molecule has 114 valence electrons. The number of halogens is 3. The predicted octanol–water partition coefficient (Wildman–Crippen LogP) is 1.69. The molecule has 0 amide bonds. The maximum Gasteiger partial charge on any atom is 0.405 e. The monoisotopic (exact) mass is 311 g/mol. The molecular weight excluding hydrogens is 295 g/mol. The van der Waals surface area contributed by atoms with E-state index < -0.39 is 22.7 Å². The van der Waals surface area contributed by atoms with E-state index in [0.29, 0.717) is 6.42 Å². The van der Waals surface area contributed by atoms with Crippen LogP contribution < -0.4 is 15.8 Å². The van der Waals surface area contributed by atoms with Gasteiger partial charge in [-0.15, -0.1) is 0 Å². The van der Waals surface area contributed by atoms with E-state index in [-0.39, 0.29) is 22.8 Å². The smallest absolute Gasteiger partial charge is 0.397 e. The number of rotatable bonds is 5. The van der Waals surface area contributed by atoms with E-state index >= 15 is 0 Å². The summed E-state index contributed by atoms with van der Waals surface area (Å²) in [5, 5.41) is 4.94. The second kappa shape index (κ2) is 5.88. The Labute approximate surface area is 115 Å². The molecule has 0 saturated carbocycles. The van der Waals surface area contributed by atoms with Gasteiger partial charge in [0.25, 0.3) is 0 Å². The molecule has 0 atom stereocenters. The summed E-state index contributed by atoms with van der Waals surface area (Å²) in [6, 6.07) is 3.43. The Kier molecular flexibility index (Phi) is 4.87. The number of alkyl halides is 3. The molecule has 1 aromatic rings. The molecule has 0 spiro atoms. The Morgan fingerprint density at radius 1 is 1.30 bits per heavy atom. The third kappa shape index (κ3) is 4.57. The minimum absolute atomic E-state index is 0.0609. The Morgan fingerprint density at radius 2 is 1.90 bits per heavy atom. The molecule has 1 rings (SSSR count). The van der Waals surface area contributed by atoms with Gasteiger partial charge in [0.05, 0.1) is 16.3 Å². The number of anilines is 2. The summed E-state index contributed by atoms with van der Waals surface area (Å²) in [4.78, 5) is 0.824. The van der Waals surface area contributed by atoms with Crippen LogP contribution in [-0.2, 0) is 10.0 Å². The van der Waals surface area contributed by atoms with Gasteiger partial charge in [0, 0.05) is 6.54 Å². The molecule has 0 saturated heterocycles. The molecule has 0 aromatic heterocycles. The van der Waals surface area contributed by atoms with Crippen LogP contribution in [0.4, 0.5) is 24.5 Å². The van der Waals surface area contributed by atoms with Gasteiger partial charge < -0.3 is 10.6 Å². The highest BCUT2D eigenvalue weighted by atomic mass is 32.2. The number of nitrogen functional groups attached to an aromatic ring is 1. The first-order valence-electron chi connectivity index (χ1n) is 5.78. The van der Waals surface area contributed by atoms with Crippen molar-refractivity contribution in [3.05, 3.63) is 18.2 Å². The molecular formula is C11H16F3N3O2S. The van der Waals surface area contributed by atoms with E-state index in [4.69, 9.17) is 10.9 Å². The number of benzene rings is 1. The molecule has 0 radical (unpaired) electrons. The van der Waals surface area contributed by atoms with E-state index in [1.807, 2.05) is 0 Å². The van der Waals surface area contributed by atoms with E-state index in [2.05, 4.69) is 0 Å². The predicted molar refractivity (Wildman–Crippen MR) is 70.8 cm³/mol. The fraction of sp³-hybridized carbons (Fsp3) is 0.455. The normalized spacial score (nSPS) is 12.4. The quantitative estimate of drug-likeness (QED) is 0.810. The van der Waals surface area contributed by atoms with Crippen molar-refractivity contribution in [3.8, 4) is 0 Å². The van der Waals surface area contributed by atoms with Crippen molar-refractivity contribution < 1.29 is 21.6 Å². The number of sulfonamides is 1. The second-order valence-electron chi connectivity index (χ2n) is 4.30. The molecule has 0 fully saturated rings. The minimum atomic E-state index is -4.37. The lowest BCUT2D eigenvalue weighted by Gasteiger charge is -2.26. The van der Waals surface area contributed by atoms with Crippen LogP contribution in [0.15, 0.2) is 23.1 Å². The molecule has 5 nitrogen and oxygen atoms in total. The van der Waals surface area contributed by atoms with Crippen LogP contribution in [0.2, 0.25) is 0 Å². The van der Waals surface area contributed by atoms with E-state index in [1.165, 1.54) is 6.07 Å². The topological polar surface area (TPSA) is 89.4 Å². The van der Waals surface area contributed by atoms with Crippen LogP contribution >= 0.6 is 0 Å². The van der Waals surface area contributed by atoms with Crippen LogP contribution in [-0.4, -0.2) is 27.7 Å². The molecule has 0 aliphatic rings. The highest BCUT2D eigenvalue weighted by molar-refractivity contribution is 7.89. The Balaban J connectivity index is 3.15. The number of nitrogens with two attached hydrogens (primary N) is 2. The van der Waals surface area contributed by atoms with Crippen molar-refractivity contribution >= 4 is 21.4 Å². The maximum atomic E-state index is 12.5. The zero-order valence-electron chi connectivity index (χ0n) is 10.8. The average molecular weight is 311 g/mol. The molecule has 0 heterocycles. The van der Waals surface area contributed by atoms with Crippen LogP contribution in [0.3, 0.4) is 0 Å². The molecule has 1 aromatic carbocycles. The summed E-state index contributed by atoms with van der Waals surface area (Å²) in [6.45, 7) is 0.733. The van der Waals surface area contributed by atoms with Gasteiger partial charge in [0.1, 0.15) is 6.54 Å². The van der Waals surface area contributed by atoms with Crippen LogP contribution in [0.5, 0.6) is 0 Å². The van der Waals surface area contributed by atoms with Crippen molar-refractivity contribution in [2.75, 3.05) is 23.7 Å². The first-order chi connectivity index (χ1) is 9.04. The third-order valence-electron chi connectivity index (χ3n) is 2.53. The largest absolute Gasteiger partial charge is 0.405 e. The summed E-state index contributed by atoms with van der Waals surface area (Å²) in [5.41, 5.74) is 5.71. The molecule has 0 aliphatic heterocycles. The summed E-state index contributed by atoms with van der Waals surface area (Å²) in [5.74, 6) is 0. The number of nitrogens with zero attached hydrogens (tertiary/aromatic N) is 1. The van der Waals surface area contributed by atoms with Crippen LogP contribution in [0, 0.1) is 0 Å². The van der Waals surface area contributed by atoms with Crippen molar-refractivity contribution in [2.24, 2.45) is 5.14 Å². The summed E-state index contributed by atoms with van der Waals surface area (Å²) < 4.78 is 59.8. The summed E-state index contributed by atoms with van der Waals surface area (Å²) >= 11 is 0. The Bertz CT molecular complexity index is 573. The molecule has 0 unspecified atom stereocenters. The van der Waals surface area contributed by atoms with Gasteiger partial charge in [-0.25, -0.2) is 13.6 Å². The summed E-state index contributed by atoms with van der Waals surface area (Å²) in [6.07, 6.45) is -3.88. The number of primary sulfonamides is 1. The number of hydrogen-bond donors (Lipinski definition) is 2. The lowest BCUT2D eigenvalue weighted by atomic mass is 10.2. The molecule has 0 bridgehead atoms. The highest BCUT2D eigenvalue weighted by Gasteiger charge is 2.31. The van der Waals surface area contributed by atoms with Crippen molar-refractivity contribution in [1.29, 1.82) is 0 Å². The van der Waals surface area contributed by atoms with Gasteiger partial charge in [0.15, 0.2) is 0 Å². The molecule has 9 heteroatoms. The molecule has 20 heavy (non-hydrogen) atoms. The zero-order chi connectivity index (χ0) is 15.6. The fourth-order valence-electron chi connectivity index (χ4n) is 1.77. The van der Waals surface area contributed by atoms with Crippen molar-refractivity contribution in [1.82, 2.24) is 0 Å². The van der Waals surface area contributed by atoms with Crippen molar-refractivity contribution in [2.45, 2.75) is 24.4 Å². The first-order valence-corrected chi connectivity index (χ1v) is 7.33. The van der Waals surface area contributed by atoms with E-state index in [0.717, 1.165) is 17.0 Å². The van der Waals surface area contributed by atoms with Gasteiger partial charge >= 0.3 is 6.18 Å². The van der Waals surface area contributed by atoms with Crippen molar-refractivity contribution in [3.63, 3.8) is 0 Å². The maximum absolute atomic E-state index is 12.5. The Hall–Kier alpha value is -1.48. The Morgan fingerprint density at radius 3 is 2.30 bits per heavy atom. The zero-order valence-corrected chi connectivity index (χ0v) is 11.6. The number of hydrogen-bond acceptors (Lipinski definition) is 4. The first kappa shape index (κ1) is 16.6.